The van der Waals surface area contributed by atoms with Gasteiger partial charge in [0.1, 0.15) is 0 Å². The van der Waals surface area contributed by atoms with Crippen molar-refractivity contribution in [3.8, 4) is 0 Å². The molecule has 1 aliphatic heterocycles. The van der Waals surface area contributed by atoms with Gasteiger partial charge in [0.2, 0.25) is 11.8 Å². The van der Waals surface area contributed by atoms with Crippen LogP contribution in [0.3, 0.4) is 0 Å². The Morgan fingerprint density at radius 2 is 1.82 bits per heavy atom. The highest BCUT2D eigenvalue weighted by molar-refractivity contribution is 5.89. The molecule has 2 unspecified atom stereocenters. The van der Waals surface area contributed by atoms with E-state index in [0.717, 1.165) is 25.7 Å². The second-order valence-corrected chi connectivity index (χ2v) is 11.9. The topological polar surface area (TPSA) is 49.4 Å². The van der Waals surface area contributed by atoms with Crippen molar-refractivity contribution in [1.82, 2.24) is 10.2 Å². The van der Waals surface area contributed by atoms with Crippen molar-refractivity contribution in [3.63, 3.8) is 0 Å². The molecule has 0 radical (unpaired) electrons. The van der Waals surface area contributed by atoms with Crippen LogP contribution in [0.25, 0.3) is 0 Å². The van der Waals surface area contributed by atoms with E-state index in [1.807, 2.05) is 6.07 Å². The maximum absolute atomic E-state index is 14.0. The van der Waals surface area contributed by atoms with E-state index >= 15 is 0 Å². The summed E-state index contributed by atoms with van der Waals surface area (Å²) < 4.78 is 0. The minimum absolute atomic E-state index is 0.0531. The SMILES string of the molecule is CC(C)N(Cc1ccccc1)C(=O)C1CC[C@H]2[C@@H]3CCC4NC(=O)C=C[C@]4(C)[C@@H]3CC[C@]12C. The molecule has 178 valence electrons. The molecule has 2 amide bonds. The van der Waals surface area contributed by atoms with E-state index in [-0.39, 0.29) is 34.7 Å². The predicted molar refractivity (Wildman–Crippen MR) is 131 cm³/mol. The summed E-state index contributed by atoms with van der Waals surface area (Å²) in [5, 5.41) is 3.25. The van der Waals surface area contributed by atoms with Crippen LogP contribution in [0.1, 0.15) is 71.8 Å². The number of nitrogens with one attached hydrogen (secondary N) is 1. The monoisotopic (exact) mass is 448 g/mol. The Balaban J connectivity index is 1.38. The van der Waals surface area contributed by atoms with E-state index in [1.165, 1.54) is 18.4 Å². The molecule has 1 aromatic carbocycles. The third kappa shape index (κ3) is 3.65. The van der Waals surface area contributed by atoms with Gasteiger partial charge in [-0.3, -0.25) is 9.59 Å². The number of fused-ring (bicyclic) bond motifs is 5. The Morgan fingerprint density at radius 1 is 1.06 bits per heavy atom. The van der Waals surface area contributed by atoms with Gasteiger partial charge in [-0.15, -0.1) is 0 Å². The molecule has 4 heteroatoms. The summed E-state index contributed by atoms with van der Waals surface area (Å²) in [6.07, 6.45) is 10.7. The number of carbonyl (C=O) groups is 2. The van der Waals surface area contributed by atoms with Gasteiger partial charge in [-0.05, 0) is 87.2 Å². The van der Waals surface area contributed by atoms with E-state index in [1.54, 1.807) is 6.08 Å². The first-order chi connectivity index (χ1) is 15.7. The van der Waals surface area contributed by atoms with Crippen LogP contribution in [-0.2, 0) is 16.1 Å². The minimum atomic E-state index is 0.0531. The summed E-state index contributed by atoms with van der Waals surface area (Å²) in [5.41, 5.74) is 1.35. The number of rotatable bonds is 4. The summed E-state index contributed by atoms with van der Waals surface area (Å²) in [7, 11) is 0. The summed E-state index contributed by atoms with van der Waals surface area (Å²) in [4.78, 5) is 28.1. The lowest BCUT2D eigenvalue weighted by Gasteiger charge is -2.58. The highest BCUT2D eigenvalue weighted by Crippen LogP contribution is 2.65. The second-order valence-electron chi connectivity index (χ2n) is 11.9. The molecule has 3 fully saturated rings. The highest BCUT2D eigenvalue weighted by Gasteiger charge is 2.61. The van der Waals surface area contributed by atoms with Crippen LogP contribution in [-0.4, -0.2) is 28.8 Å². The molecule has 0 spiro atoms. The van der Waals surface area contributed by atoms with Gasteiger partial charge in [0.15, 0.2) is 0 Å². The first kappa shape index (κ1) is 22.7. The fourth-order valence-electron chi connectivity index (χ4n) is 8.23. The van der Waals surface area contributed by atoms with E-state index in [4.69, 9.17) is 0 Å². The average molecular weight is 449 g/mol. The smallest absolute Gasteiger partial charge is 0.243 e. The molecule has 7 atom stereocenters. The Labute approximate surface area is 199 Å². The lowest BCUT2D eigenvalue weighted by molar-refractivity contribution is -0.146. The van der Waals surface area contributed by atoms with Crippen molar-refractivity contribution in [3.05, 3.63) is 48.0 Å². The second kappa shape index (κ2) is 8.29. The van der Waals surface area contributed by atoms with Gasteiger partial charge in [-0.1, -0.05) is 50.3 Å². The van der Waals surface area contributed by atoms with E-state index in [9.17, 15) is 9.59 Å². The standard InChI is InChI=1S/C29H40N2O2/c1-19(2)31(18-20-8-6-5-7-9-20)27(33)24-12-11-22-21-10-13-25-29(4,17-15-26(32)30-25)23(21)14-16-28(22,24)3/h5-9,15,17,19,21-25H,10-14,16,18H2,1-4H3,(H,30,32)/t21-,22-,23+,24?,25?,28-,29+/m0/s1. The van der Waals surface area contributed by atoms with Crippen LogP contribution >= 0.6 is 0 Å². The Bertz CT molecular complexity index is 940. The molecule has 1 aromatic rings. The molecular formula is C29H40N2O2. The Kier molecular flexibility index (Phi) is 5.69. The van der Waals surface area contributed by atoms with Crippen LogP contribution in [0.4, 0.5) is 0 Å². The number of hydrogen-bond acceptors (Lipinski definition) is 2. The summed E-state index contributed by atoms with van der Waals surface area (Å²) >= 11 is 0. The normalized spacial score (nSPS) is 39.4. The summed E-state index contributed by atoms with van der Waals surface area (Å²) in [6.45, 7) is 9.80. The quantitative estimate of drug-likeness (QED) is 0.676. The fourth-order valence-corrected chi connectivity index (χ4v) is 8.23. The van der Waals surface area contributed by atoms with Crippen molar-refractivity contribution < 1.29 is 9.59 Å². The number of hydrogen-bond donors (Lipinski definition) is 1. The summed E-state index contributed by atoms with van der Waals surface area (Å²) in [6, 6.07) is 10.9. The molecule has 1 N–H and O–H groups in total. The van der Waals surface area contributed by atoms with Crippen LogP contribution in [0, 0.1) is 34.5 Å². The zero-order valence-corrected chi connectivity index (χ0v) is 20.7. The lowest BCUT2D eigenvalue weighted by Crippen LogP contribution is -2.59. The van der Waals surface area contributed by atoms with Crippen molar-refractivity contribution in [2.75, 3.05) is 0 Å². The molecule has 4 aliphatic rings. The molecule has 33 heavy (non-hydrogen) atoms. The third-order valence-corrected chi connectivity index (χ3v) is 10.1. The first-order valence-corrected chi connectivity index (χ1v) is 13.1. The summed E-state index contributed by atoms with van der Waals surface area (Å²) in [5.74, 6) is 2.42. The zero-order chi connectivity index (χ0) is 23.4. The largest absolute Gasteiger partial charge is 0.349 e. The fraction of sp³-hybridized carbons (Fsp3) is 0.655. The van der Waals surface area contributed by atoms with Gasteiger partial charge < -0.3 is 10.2 Å². The maximum Gasteiger partial charge on any atom is 0.243 e. The molecule has 3 saturated carbocycles. The molecule has 4 nitrogen and oxygen atoms in total. The number of amides is 2. The zero-order valence-electron chi connectivity index (χ0n) is 20.7. The predicted octanol–water partition coefficient (Wildman–Crippen LogP) is 5.34. The molecule has 1 heterocycles. The highest BCUT2D eigenvalue weighted by atomic mass is 16.2. The van der Waals surface area contributed by atoms with E-state index in [0.29, 0.717) is 30.2 Å². The van der Waals surface area contributed by atoms with Gasteiger partial charge in [0.25, 0.3) is 0 Å². The van der Waals surface area contributed by atoms with Crippen LogP contribution in [0.2, 0.25) is 0 Å². The van der Waals surface area contributed by atoms with Crippen molar-refractivity contribution in [2.45, 2.75) is 84.8 Å². The van der Waals surface area contributed by atoms with Crippen LogP contribution in [0.5, 0.6) is 0 Å². The lowest BCUT2D eigenvalue weighted by atomic mass is 9.48. The van der Waals surface area contributed by atoms with E-state index < -0.39 is 0 Å². The van der Waals surface area contributed by atoms with Crippen LogP contribution < -0.4 is 5.32 Å². The van der Waals surface area contributed by atoms with Gasteiger partial charge in [0.05, 0.1) is 0 Å². The number of benzene rings is 1. The minimum Gasteiger partial charge on any atom is -0.349 e. The van der Waals surface area contributed by atoms with Crippen molar-refractivity contribution in [2.24, 2.45) is 34.5 Å². The maximum atomic E-state index is 14.0. The Hall–Kier alpha value is -2.10. The third-order valence-electron chi connectivity index (χ3n) is 10.1. The van der Waals surface area contributed by atoms with Crippen LogP contribution in [0.15, 0.2) is 42.5 Å². The molecule has 0 aromatic heterocycles. The number of nitrogens with zero attached hydrogens (tertiary/aromatic N) is 1. The van der Waals surface area contributed by atoms with Crippen molar-refractivity contribution >= 4 is 11.8 Å². The molecular weight excluding hydrogens is 408 g/mol. The number of carbonyl (C=O) groups excluding carboxylic acids is 2. The molecule has 0 bridgehead atoms. The average Bonchev–Trinajstić information content (AvgIpc) is 3.15. The molecule has 3 aliphatic carbocycles. The molecule has 5 rings (SSSR count). The van der Waals surface area contributed by atoms with Gasteiger partial charge in [0, 0.05) is 30.0 Å². The van der Waals surface area contributed by atoms with Crippen molar-refractivity contribution in [1.29, 1.82) is 0 Å². The van der Waals surface area contributed by atoms with Gasteiger partial charge in [-0.2, -0.15) is 0 Å². The Morgan fingerprint density at radius 3 is 2.55 bits per heavy atom. The van der Waals surface area contributed by atoms with E-state index in [2.05, 4.69) is 68.3 Å². The first-order valence-electron chi connectivity index (χ1n) is 13.1. The molecule has 0 saturated heterocycles. The van der Waals surface area contributed by atoms with Gasteiger partial charge >= 0.3 is 0 Å². The van der Waals surface area contributed by atoms with Gasteiger partial charge in [-0.25, -0.2) is 0 Å².